The Hall–Kier alpha value is -3.21. The Morgan fingerprint density at radius 2 is 1.94 bits per heavy atom. The summed E-state index contributed by atoms with van der Waals surface area (Å²) in [5.74, 6) is 0.983. The van der Waals surface area contributed by atoms with Gasteiger partial charge in [0.05, 0.1) is 15.5 Å². The second kappa shape index (κ2) is 10.6. The zero-order valence-electron chi connectivity index (χ0n) is 19.2. The Bertz CT molecular complexity index is 1270. The SMILES string of the molecule is Cc1cnc(Nc2ccc(OCCN3CCCC3)cc2)nc1-c1ccc(C=C2SC(=O)NC2=O)s1. The van der Waals surface area contributed by atoms with Gasteiger partial charge in [0, 0.05) is 23.3 Å². The van der Waals surface area contributed by atoms with Gasteiger partial charge in [-0.2, -0.15) is 0 Å². The van der Waals surface area contributed by atoms with E-state index < -0.39 is 0 Å². The molecule has 0 radical (unpaired) electrons. The largest absolute Gasteiger partial charge is 0.492 e. The van der Waals surface area contributed by atoms with Crippen molar-refractivity contribution in [1.29, 1.82) is 0 Å². The number of aryl methyl sites for hydroxylation is 1. The first kappa shape index (κ1) is 23.5. The molecule has 1 aromatic carbocycles. The van der Waals surface area contributed by atoms with Crippen molar-refractivity contribution in [3.8, 4) is 16.3 Å². The molecule has 2 aromatic heterocycles. The molecule has 3 aromatic rings. The minimum absolute atomic E-state index is 0.345. The first-order valence-corrected chi connectivity index (χ1v) is 13.1. The predicted octanol–water partition coefficient (Wildman–Crippen LogP) is 5.06. The Morgan fingerprint density at radius 3 is 2.69 bits per heavy atom. The topological polar surface area (TPSA) is 96.5 Å². The standard InChI is InChI=1S/C25H25N5O3S2/c1-16-15-26-24(27-17-4-6-18(7-5-17)33-13-12-30-10-2-3-11-30)28-22(16)20-9-8-19(34-20)14-21-23(31)29-25(32)35-21/h4-9,14-15H,2-3,10-13H2,1H3,(H,26,27,28)(H,29,31,32). The number of nitrogens with one attached hydrogen (secondary N) is 2. The summed E-state index contributed by atoms with van der Waals surface area (Å²) in [5.41, 5.74) is 2.64. The summed E-state index contributed by atoms with van der Waals surface area (Å²) in [6.07, 6.45) is 6.09. The molecule has 2 aliphatic rings. The average Bonchev–Trinajstić information content (AvgIpc) is 3.59. The van der Waals surface area contributed by atoms with Crippen LogP contribution in [0.5, 0.6) is 5.75 Å². The van der Waals surface area contributed by atoms with Crippen LogP contribution in [-0.4, -0.2) is 52.3 Å². The third-order valence-electron chi connectivity index (χ3n) is 5.73. The van der Waals surface area contributed by atoms with Gasteiger partial charge in [0.1, 0.15) is 12.4 Å². The lowest BCUT2D eigenvalue weighted by atomic mass is 10.2. The lowest BCUT2D eigenvalue weighted by Gasteiger charge is -2.15. The number of likely N-dealkylation sites (tertiary alicyclic amines) is 1. The number of nitrogens with zero attached hydrogens (tertiary/aromatic N) is 3. The zero-order chi connectivity index (χ0) is 24.2. The van der Waals surface area contributed by atoms with Gasteiger partial charge in [0.2, 0.25) is 5.95 Å². The molecule has 10 heteroatoms. The maximum absolute atomic E-state index is 11.8. The van der Waals surface area contributed by atoms with E-state index in [-0.39, 0.29) is 11.1 Å². The number of benzene rings is 1. The zero-order valence-corrected chi connectivity index (χ0v) is 20.9. The molecule has 0 unspecified atom stereocenters. The van der Waals surface area contributed by atoms with E-state index in [2.05, 4.69) is 20.5 Å². The van der Waals surface area contributed by atoms with Crippen molar-refractivity contribution in [1.82, 2.24) is 20.2 Å². The number of ether oxygens (including phenoxy) is 1. The van der Waals surface area contributed by atoms with Crippen LogP contribution in [0.2, 0.25) is 0 Å². The second-order valence-corrected chi connectivity index (χ2v) is 10.5. The van der Waals surface area contributed by atoms with E-state index in [4.69, 9.17) is 9.72 Å². The Labute approximate surface area is 211 Å². The lowest BCUT2D eigenvalue weighted by Crippen LogP contribution is -2.25. The fourth-order valence-corrected chi connectivity index (χ4v) is 5.68. The quantitative estimate of drug-likeness (QED) is 0.409. The summed E-state index contributed by atoms with van der Waals surface area (Å²) in [4.78, 5) is 37.0. The fraction of sp³-hybridized carbons (Fsp3) is 0.280. The molecule has 180 valence electrons. The smallest absolute Gasteiger partial charge is 0.290 e. The number of carbonyl (C=O) groups excluding carboxylic acids is 2. The number of thioether (sulfide) groups is 1. The van der Waals surface area contributed by atoms with Crippen LogP contribution in [0.15, 0.2) is 47.5 Å². The van der Waals surface area contributed by atoms with Crippen molar-refractivity contribution in [2.75, 3.05) is 31.6 Å². The Morgan fingerprint density at radius 1 is 1.14 bits per heavy atom. The number of thiophene rings is 1. The van der Waals surface area contributed by atoms with E-state index in [9.17, 15) is 9.59 Å². The van der Waals surface area contributed by atoms with Crippen LogP contribution in [0.25, 0.3) is 16.6 Å². The second-order valence-electron chi connectivity index (χ2n) is 8.33. The van der Waals surface area contributed by atoms with Crippen molar-refractivity contribution in [3.05, 3.63) is 57.9 Å². The molecule has 0 bridgehead atoms. The summed E-state index contributed by atoms with van der Waals surface area (Å²) in [7, 11) is 0. The molecule has 8 nitrogen and oxygen atoms in total. The van der Waals surface area contributed by atoms with Crippen LogP contribution in [0.1, 0.15) is 23.3 Å². The molecule has 2 amide bonds. The normalized spacial score (nSPS) is 17.2. The molecule has 0 saturated carbocycles. The first-order valence-electron chi connectivity index (χ1n) is 11.4. The van der Waals surface area contributed by atoms with Gasteiger partial charge in [-0.25, -0.2) is 9.97 Å². The molecular weight excluding hydrogens is 482 g/mol. The molecule has 2 N–H and O–H groups in total. The van der Waals surface area contributed by atoms with Crippen LogP contribution in [-0.2, 0) is 4.79 Å². The molecule has 5 rings (SSSR count). The lowest BCUT2D eigenvalue weighted by molar-refractivity contribution is -0.115. The van der Waals surface area contributed by atoms with Crippen LogP contribution >= 0.6 is 23.1 Å². The van der Waals surface area contributed by atoms with Crippen molar-refractivity contribution in [3.63, 3.8) is 0 Å². The molecule has 4 heterocycles. The van der Waals surface area contributed by atoms with E-state index in [1.807, 2.05) is 43.3 Å². The van der Waals surface area contributed by atoms with Gasteiger partial charge >= 0.3 is 0 Å². The van der Waals surface area contributed by atoms with Crippen molar-refractivity contribution >= 4 is 52.0 Å². The first-order chi connectivity index (χ1) is 17.0. The number of carbonyl (C=O) groups is 2. The number of hydrogen-bond acceptors (Lipinski definition) is 9. The van der Waals surface area contributed by atoms with Gasteiger partial charge in [0.15, 0.2) is 0 Å². The third kappa shape index (κ3) is 5.90. The molecule has 0 atom stereocenters. The van der Waals surface area contributed by atoms with Gasteiger partial charge in [0.25, 0.3) is 11.1 Å². The summed E-state index contributed by atoms with van der Waals surface area (Å²) < 4.78 is 5.88. The van der Waals surface area contributed by atoms with Crippen molar-refractivity contribution in [2.45, 2.75) is 19.8 Å². The maximum Gasteiger partial charge on any atom is 0.290 e. The van der Waals surface area contributed by atoms with Gasteiger partial charge < -0.3 is 10.1 Å². The van der Waals surface area contributed by atoms with Gasteiger partial charge in [-0.15, -0.1) is 11.3 Å². The number of rotatable bonds is 8. The molecule has 0 spiro atoms. The molecule has 2 fully saturated rings. The summed E-state index contributed by atoms with van der Waals surface area (Å²) in [5, 5.41) is 5.19. The minimum atomic E-state index is -0.359. The van der Waals surface area contributed by atoms with Crippen LogP contribution in [0.4, 0.5) is 16.4 Å². The average molecular weight is 508 g/mol. The van der Waals surface area contributed by atoms with E-state index in [1.54, 1.807) is 12.3 Å². The number of anilines is 2. The number of imide groups is 1. The Balaban J connectivity index is 1.23. The van der Waals surface area contributed by atoms with Crippen molar-refractivity contribution < 1.29 is 14.3 Å². The minimum Gasteiger partial charge on any atom is -0.492 e. The number of hydrogen-bond donors (Lipinski definition) is 2. The van der Waals surface area contributed by atoms with Crippen LogP contribution in [0, 0.1) is 6.92 Å². The van der Waals surface area contributed by atoms with Gasteiger partial charge in [-0.3, -0.25) is 19.8 Å². The van der Waals surface area contributed by atoms with Gasteiger partial charge in [-0.1, -0.05) is 0 Å². The highest BCUT2D eigenvalue weighted by molar-refractivity contribution is 8.18. The van der Waals surface area contributed by atoms with Gasteiger partial charge in [-0.05, 0) is 92.7 Å². The summed E-state index contributed by atoms with van der Waals surface area (Å²) in [6, 6.07) is 11.7. The summed E-state index contributed by atoms with van der Waals surface area (Å²) >= 11 is 2.42. The highest BCUT2D eigenvalue weighted by Crippen LogP contribution is 2.33. The van der Waals surface area contributed by atoms with E-state index in [1.165, 1.54) is 37.3 Å². The Kier molecular flexibility index (Phi) is 7.12. The van der Waals surface area contributed by atoms with Crippen LogP contribution < -0.4 is 15.4 Å². The highest BCUT2D eigenvalue weighted by atomic mass is 32.2. The van der Waals surface area contributed by atoms with Crippen molar-refractivity contribution in [2.24, 2.45) is 0 Å². The molecule has 35 heavy (non-hydrogen) atoms. The van der Waals surface area contributed by atoms with E-state index in [0.717, 1.165) is 50.8 Å². The predicted molar refractivity (Wildman–Crippen MR) is 140 cm³/mol. The van der Waals surface area contributed by atoms with E-state index in [0.29, 0.717) is 17.5 Å². The molecule has 0 aliphatic carbocycles. The monoisotopic (exact) mass is 507 g/mol. The van der Waals surface area contributed by atoms with E-state index >= 15 is 0 Å². The molecule has 2 saturated heterocycles. The number of amides is 2. The van der Waals surface area contributed by atoms with Crippen LogP contribution in [0.3, 0.4) is 0 Å². The molecule has 2 aliphatic heterocycles. The summed E-state index contributed by atoms with van der Waals surface area (Å²) in [6.45, 7) is 5.96. The fourth-order valence-electron chi connectivity index (χ4n) is 3.92. The maximum atomic E-state index is 11.8. The highest BCUT2D eigenvalue weighted by Gasteiger charge is 2.25. The third-order valence-corrected chi connectivity index (χ3v) is 7.58. The molecular formula is C25H25N5O3S2. The number of aromatic nitrogens is 2.